The number of carbonyl (C=O) groups excluding carboxylic acids is 1. The number of ether oxygens (including phenoxy) is 5. The summed E-state index contributed by atoms with van der Waals surface area (Å²) < 4.78 is 110. The normalized spacial score (nSPS) is 10.8. The molecule has 0 saturated heterocycles. The first-order valence-electron chi connectivity index (χ1n) is 13.3. The van der Waals surface area contributed by atoms with Crippen LogP contribution in [-0.2, 0) is 12.5 Å². The summed E-state index contributed by atoms with van der Waals surface area (Å²) in [5.74, 6) is -3.57. The highest BCUT2D eigenvalue weighted by Gasteiger charge is 2.21. The Morgan fingerprint density at radius 2 is 1.27 bits per heavy atom. The number of rotatable bonds is 13. The largest absolute Gasteiger partial charge is 0.493 e. The van der Waals surface area contributed by atoms with Crippen molar-refractivity contribution >= 4 is 17.5 Å². The van der Waals surface area contributed by atoms with Gasteiger partial charge in [0.15, 0.2) is 41.2 Å². The van der Waals surface area contributed by atoms with Crippen LogP contribution in [0.5, 0.6) is 28.7 Å². The zero-order chi connectivity index (χ0) is 35.7. The van der Waals surface area contributed by atoms with Gasteiger partial charge in [0.2, 0.25) is 17.5 Å². The van der Waals surface area contributed by atoms with Crippen LogP contribution < -0.4 is 29.4 Å². The fourth-order valence-corrected chi connectivity index (χ4v) is 3.98. The number of halogens is 7. The summed E-state index contributed by atoms with van der Waals surface area (Å²) in [6, 6.07) is 10.1. The Hall–Kier alpha value is -5.72. The van der Waals surface area contributed by atoms with Crippen LogP contribution in [0.25, 0.3) is 22.8 Å². The molecule has 0 aliphatic rings. The van der Waals surface area contributed by atoms with Crippen molar-refractivity contribution in [1.82, 2.24) is 20.3 Å². The molecule has 0 unspecified atom stereocenters. The van der Waals surface area contributed by atoms with Gasteiger partial charge in [0, 0.05) is 11.1 Å². The van der Waals surface area contributed by atoms with Gasteiger partial charge in [0.25, 0.3) is 11.8 Å². The molecule has 5 aromatic rings. The van der Waals surface area contributed by atoms with Gasteiger partial charge in [-0.15, -0.1) is 11.6 Å². The Labute approximate surface area is 276 Å². The monoisotopic (exact) mass is 717 g/mol. The number of aromatic nitrogens is 4. The molecule has 0 radical (unpaired) electrons. The predicted octanol–water partition coefficient (Wildman–Crippen LogP) is 6.39. The molecule has 5 rings (SSSR count). The van der Waals surface area contributed by atoms with Crippen LogP contribution in [0.4, 0.5) is 26.3 Å². The minimum Gasteiger partial charge on any atom is -0.493 e. The maximum atomic E-state index is 14.2. The Morgan fingerprint density at radius 3 is 1.71 bits per heavy atom. The summed E-state index contributed by atoms with van der Waals surface area (Å²) in [4.78, 5) is 19.2. The number of primary amides is 1. The number of methoxy groups -OCH3 is 2. The topological polar surface area (TPSA) is 167 Å². The maximum absolute atomic E-state index is 14.2. The standard InChI is InChI=1S/C18H13F4N3O5.C11H9ClF2N2O3/c1-27-12-6-8(2-4-10(12)29-18(21)22)17-24-13(30-25-17)7-28-11-5-3-9(19)14(15(11)20)16(23)26;1-17-8-4-6(2-3-7(8)18-11(13)14)10-15-9(5-12)19-16-10/h2-6,18H,7H2,1H3,(H2,23,26);2-4,11H,5H2,1H3. The Kier molecular flexibility index (Phi) is 12.1. The summed E-state index contributed by atoms with van der Waals surface area (Å²) in [6.45, 7) is -6.36. The highest BCUT2D eigenvalue weighted by atomic mass is 35.5. The molecule has 13 nitrogen and oxygen atoms in total. The van der Waals surface area contributed by atoms with Gasteiger partial charge in [-0.2, -0.15) is 27.5 Å². The molecule has 0 bridgehead atoms. The zero-order valence-corrected chi connectivity index (χ0v) is 25.7. The lowest BCUT2D eigenvalue weighted by molar-refractivity contribution is -0.0518. The third-order valence-corrected chi connectivity index (χ3v) is 6.21. The second-order valence-electron chi connectivity index (χ2n) is 9.03. The molecule has 260 valence electrons. The van der Waals surface area contributed by atoms with Crippen molar-refractivity contribution in [2.24, 2.45) is 5.73 Å². The van der Waals surface area contributed by atoms with Crippen molar-refractivity contribution < 1.29 is 63.9 Å². The third-order valence-electron chi connectivity index (χ3n) is 5.98. The van der Waals surface area contributed by atoms with Crippen molar-refractivity contribution in [3.8, 4) is 51.5 Å². The van der Waals surface area contributed by atoms with Crippen LogP contribution in [0.15, 0.2) is 57.6 Å². The van der Waals surface area contributed by atoms with Gasteiger partial charge in [-0.1, -0.05) is 10.3 Å². The predicted molar refractivity (Wildman–Crippen MR) is 155 cm³/mol. The van der Waals surface area contributed by atoms with E-state index in [0.717, 1.165) is 12.1 Å². The fraction of sp³-hybridized carbons (Fsp3) is 0.207. The fourth-order valence-electron chi connectivity index (χ4n) is 3.87. The van der Waals surface area contributed by atoms with Gasteiger partial charge in [-0.05, 0) is 48.5 Å². The molecule has 20 heteroatoms. The number of nitrogens with two attached hydrogens (primary N) is 1. The summed E-state index contributed by atoms with van der Waals surface area (Å²) in [7, 11) is 2.61. The smallest absolute Gasteiger partial charge is 0.387 e. The molecule has 3 aromatic carbocycles. The van der Waals surface area contributed by atoms with Gasteiger partial charge in [0.05, 0.1) is 14.2 Å². The van der Waals surface area contributed by atoms with E-state index in [1.807, 2.05) is 0 Å². The molecule has 0 aliphatic heterocycles. The number of nitrogens with zero attached hydrogens (tertiary/aromatic N) is 4. The van der Waals surface area contributed by atoms with Crippen molar-refractivity contribution in [2.45, 2.75) is 25.7 Å². The van der Waals surface area contributed by atoms with E-state index in [1.54, 1.807) is 0 Å². The van der Waals surface area contributed by atoms with Crippen LogP contribution in [0.1, 0.15) is 22.1 Å². The van der Waals surface area contributed by atoms with E-state index in [0.29, 0.717) is 11.1 Å². The van der Waals surface area contributed by atoms with Gasteiger partial charge >= 0.3 is 13.2 Å². The third kappa shape index (κ3) is 9.21. The molecule has 0 aliphatic carbocycles. The second-order valence-corrected chi connectivity index (χ2v) is 9.30. The minimum absolute atomic E-state index is 0.0164. The van der Waals surface area contributed by atoms with Crippen LogP contribution in [0.2, 0.25) is 0 Å². The SMILES string of the molecule is COc1cc(-c2noc(CCl)n2)ccc1OC(F)F.COc1cc(-c2noc(COc3ccc(F)c(C(N)=O)c3F)n2)ccc1OC(F)F. The highest BCUT2D eigenvalue weighted by Crippen LogP contribution is 2.34. The lowest BCUT2D eigenvalue weighted by atomic mass is 10.1. The van der Waals surface area contributed by atoms with Crippen LogP contribution in [0, 0.1) is 11.6 Å². The van der Waals surface area contributed by atoms with Gasteiger partial charge in [0.1, 0.15) is 17.3 Å². The van der Waals surface area contributed by atoms with Gasteiger partial charge < -0.3 is 38.5 Å². The van der Waals surface area contributed by atoms with Crippen molar-refractivity contribution in [3.63, 3.8) is 0 Å². The number of carbonyl (C=O) groups is 1. The molecule has 0 spiro atoms. The number of alkyl halides is 5. The Balaban J connectivity index is 0.000000244. The number of hydrogen-bond acceptors (Lipinski definition) is 12. The lowest BCUT2D eigenvalue weighted by Gasteiger charge is -2.10. The summed E-state index contributed by atoms with van der Waals surface area (Å²) in [5.41, 5.74) is 4.91. The van der Waals surface area contributed by atoms with Crippen LogP contribution in [-0.4, -0.2) is 53.6 Å². The summed E-state index contributed by atoms with van der Waals surface area (Å²) in [6.07, 6.45) is 0. The zero-order valence-electron chi connectivity index (χ0n) is 25.0. The minimum atomic E-state index is -3.03. The van der Waals surface area contributed by atoms with E-state index >= 15 is 0 Å². The van der Waals surface area contributed by atoms with Crippen LogP contribution >= 0.6 is 11.6 Å². The molecule has 2 aromatic heterocycles. The number of hydrogen-bond donors (Lipinski definition) is 1. The molecule has 0 atom stereocenters. The van der Waals surface area contributed by atoms with E-state index in [2.05, 4.69) is 29.8 Å². The molecule has 2 N–H and O–H groups in total. The highest BCUT2D eigenvalue weighted by molar-refractivity contribution is 6.16. The first kappa shape index (κ1) is 36.1. The molecular formula is C29H22ClF6N5O8. The lowest BCUT2D eigenvalue weighted by Crippen LogP contribution is -2.16. The Morgan fingerprint density at radius 1 is 0.776 bits per heavy atom. The quantitative estimate of drug-likeness (QED) is 0.105. The van der Waals surface area contributed by atoms with Crippen molar-refractivity contribution in [3.05, 3.63) is 77.5 Å². The Bertz CT molecular complexity index is 1890. The molecular weight excluding hydrogens is 696 g/mol. The van der Waals surface area contributed by atoms with Crippen molar-refractivity contribution in [1.29, 1.82) is 0 Å². The van der Waals surface area contributed by atoms with E-state index in [-0.39, 0.29) is 52.3 Å². The number of benzene rings is 3. The first-order valence-corrected chi connectivity index (χ1v) is 13.9. The average Bonchev–Trinajstić information content (AvgIpc) is 3.75. The van der Waals surface area contributed by atoms with E-state index in [9.17, 15) is 31.1 Å². The molecule has 49 heavy (non-hydrogen) atoms. The van der Waals surface area contributed by atoms with Crippen molar-refractivity contribution in [2.75, 3.05) is 14.2 Å². The number of amides is 1. The second kappa shape index (κ2) is 16.4. The molecule has 0 fully saturated rings. The molecule has 0 saturated carbocycles. The summed E-state index contributed by atoms with van der Waals surface area (Å²) >= 11 is 5.54. The summed E-state index contributed by atoms with van der Waals surface area (Å²) in [5, 5.41) is 7.42. The first-order chi connectivity index (χ1) is 23.4. The van der Waals surface area contributed by atoms with E-state index < -0.39 is 48.7 Å². The maximum Gasteiger partial charge on any atom is 0.387 e. The van der Waals surface area contributed by atoms with Gasteiger partial charge in [-0.3, -0.25) is 4.79 Å². The van der Waals surface area contributed by atoms with E-state index in [1.165, 1.54) is 50.6 Å². The van der Waals surface area contributed by atoms with Crippen LogP contribution in [0.3, 0.4) is 0 Å². The van der Waals surface area contributed by atoms with Gasteiger partial charge in [-0.25, -0.2) is 8.78 Å². The average molecular weight is 718 g/mol. The molecule has 2 heterocycles. The van der Waals surface area contributed by atoms with E-state index in [4.69, 9.17) is 40.6 Å². The molecule has 1 amide bonds.